The molecular weight excluding hydrogens is 428 g/mol. The minimum atomic E-state index is -1.05. The summed E-state index contributed by atoms with van der Waals surface area (Å²) < 4.78 is 20.1. The molecule has 0 N–H and O–H groups in total. The van der Waals surface area contributed by atoms with Gasteiger partial charge < -0.3 is 9.47 Å². The molecule has 2 aromatic carbocycles. The van der Waals surface area contributed by atoms with Gasteiger partial charge >= 0.3 is 6.01 Å². The van der Waals surface area contributed by atoms with Gasteiger partial charge in [-0.2, -0.15) is 9.35 Å². The van der Waals surface area contributed by atoms with E-state index in [9.17, 15) is 0 Å². The summed E-state index contributed by atoms with van der Waals surface area (Å²) in [4.78, 5) is 8.21. The molecule has 0 saturated carbocycles. The summed E-state index contributed by atoms with van der Waals surface area (Å²) in [5.41, 5.74) is 7.49. The van der Waals surface area contributed by atoms with Gasteiger partial charge in [-0.05, 0) is 64.8 Å². The van der Waals surface area contributed by atoms with Gasteiger partial charge in [0.25, 0.3) is 0 Å². The van der Waals surface area contributed by atoms with E-state index in [0.717, 1.165) is 5.56 Å². The van der Waals surface area contributed by atoms with Gasteiger partial charge in [0.1, 0.15) is 16.1 Å². The first-order valence-electron chi connectivity index (χ1n) is 7.82. The van der Waals surface area contributed by atoms with Gasteiger partial charge in [0.05, 0.1) is 5.69 Å². The van der Waals surface area contributed by atoms with Crippen LogP contribution in [-0.2, 0) is 10.3 Å². The zero-order valence-corrected chi connectivity index (χ0v) is 16.7. The van der Waals surface area contributed by atoms with Gasteiger partial charge in [-0.3, -0.25) is 0 Å². The molecule has 3 rings (SSSR count). The van der Waals surface area contributed by atoms with Crippen LogP contribution in [0.25, 0.3) is 0 Å². The van der Waals surface area contributed by atoms with Crippen LogP contribution >= 0.6 is 15.9 Å². The Morgan fingerprint density at radius 1 is 1.15 bits per heavy atom. The fourth-order valence-electron chi connectivity index (χ4n) is 2.03. The molecule has 0 saturated heterocycles. The van der Waals surface area contributed by atoms with E-state index in [4.69, 9.17) is 15.2 Å². The van der Waals surface area contributed by atoms with E-state index >= 15 is 0 Å². The molecule has 0 bridgehead atoms. The van der Waals surface area contributed by atoms with Crippen molar-refractivity contribution < 1.29 is 9.47 Å². The third-order valence-electron chi connectivity index (χ3n) is 3.24. The molecule has 136 valence electrons. The molecule has 0 amide bonds. The molecule has 0 fully saturated rings. The molecule has 0 atom stereocenters. The molecule has 0 aliphatic carbocycles. The number of hydrogen-bond acceptors (Lipinski definition) is 5. The van der Waals surface area contributed by atoms with Crippen molar-refractivity contribution in [1.82, 2.24) is 9.97 Å². The molecular formula is C19H15BrN4O2S. The Labute approximate surface area is 167 Å². The van der Waals surface area contributed by atoms with Crippen molar-refractivity contribution in [3.8, 4) is 23.2 Å². The average Bonchev–Trinajstić information content (AvgIpc) is 2.65. The summed E-state index contributed by atoms with van der Waals surface area (Å²) in [5, 5.41) is 0. The number of benzene rings is 2. The maximum atomic E-state index is 5.92. The quantitative estimate of drug-likeness (QED) is 0.302. The standard InChI is InChI=1S/C19H15BrN4O2S/c1-14-12-15(8-9-17(14)26-19-21-11-10-18(20)23-19)24-27(2)22-13-25-16-6-4-3-5-7-16/h2-13H,1H3. The van der Waals surface area contributed by atoms with Crippen molar-refractivity contribution in [2.24, 2.45) is 8.76 Å². The molecule has 8 heteroatoms. The molecule has 0 spiro atoms. The van der Waals surface area contributed by atoms with E-state index in [1.807, 2.05) is 43.3 Å². The lowest BCUT2D eigenvalue weighted by Gasteiger charge is -2.07. The van der Waals surface area contributed by atoms with Crippen LogP contribution in [0.3, 0.4) is 0 Å². The second-order valence-electron chi connectivity index (χ2n) is 5.24. The Kier molecular flexibility index (Phi) is 6.38. The average molecular weight is 443 g/mol. The second kappa shape index (κ2) is 9.14. The number of aryl methyl sites for hydroxylation is 1. The zero-order valence-electron chi connectivity index (χ0n) is 14.3. The summed E-state index contributed by atoms with van der Waals surface area (Å²) in [5.74, 6) is 1.32. The summed E-state index contributed by atoms with van der Waals surface area (Å²) >= 11 is 3.29. The summed E-state index contributed by atoms with van der Waals surface area (Å²) in [6, 6.07) is 16.7. The van der Waals surface area contributed by atoms with Gasteiger partial charge in [0.15, 0.2) is 6.40 Å². The third kappa shape index (κ3) is 5.79. The maximum Gasteiger partial charge on any atom is 0.322 e. The molecule has 27 heavy (non-hydrogen) atoms. The minimum Gasteiger partial charge on any atom is -0.445 e. The number of nitrogens with zero attached hydrogens (tertiary/aromatic N) is 4. The second-order valence-corrected chi connectivity index (χ2v) is 7.03. The van der Waals surface area contributed by atoms with Crippen molar-refractivity contribution in [3.05, 3.63) is 71.0 Å². The topological polar surface area (TPSA) is 69.0 Å². The van der Waals surface area contributed by atoms with E-state index in [-0.39, 0.29) is 6.01 Å². The van der Waals surface area contributed by atoms with E-state index in [2.05, 4.69) is 34.7 Å². The SMILES string of the molecule is C#S(N=COc1ccccc1)=Nc1ccc(Oc2nccc(Br)n2)c(C)c1. The molecule has 6 nitrogen and oxygen atoms in total. The molecule has 3 aromatic rings. The van der Waals surface area contributed by atoms with Gasteiger partial charge in [-0.15, -0.1) is 4.40 Å². The Morgan fingerprint density at radius 3 is 2.70 bits per heavy atom. The van der Waals surface area contributed by atoms with Crippen LogP contribution in [0.15, 0.2) is 74.2 Å². The highest BCUT2D eigenvalue weighted by molar-refractivity contribution is 9.10. The molecule has 1 heterocycles. The molecule has 0 aliphatic rings. The fraction of sp³-hybridized carbons (Fsp3) is 0.0526. The molecule has 1 aromatic heterocycles. The lowest BCUT2D eigenvalue weighted by atomic mass is 10.2. The normalized spacial score (nSPS) is 11.5. The van der Waals surface area contributed by atoms with E-state index < -0.39 is 10.3 Å². The van der Waals surface area contributed by atoms with Crippen LogP contribution in [0, 0.1) is 12.6 Å². The largest absolute Gasteiger partial charge is 0.445 e. The number of rotatable bonds is 5. The van der Waals surface area contributed by atoms with Crippen LogP contribution in [0.4, 0.5) is 5.69 Å². The lowest BCUT2D eigenvalue weighted by molar-refractivity contribution is 0.437. The highest BCUT2D eigenvalue weighted by Crippen LogP contribution is 2.27. The smallest absolute Gasteiger partial charge is 0.322 e. The van der Waals surface area contributed by atoms with Gasteiger partial charge in [0, 0.05) is 16.5 Å². The monoisotopic (exact) mass is 442 g/mol. The number of ether oxygens (including phenoxy) is 2. The van der Waals surface area contributed by atoms with Gasteiger partial charge in [0.2, 0.25) is 0 Å². The third-order valence-corrected chi connectivity index (χ3v) is 4.38. The first kappa shape index (κ1) is 18.8. The summed E-state index contributed by atoms with van der Waals surface area (Å²) in [6.07, 6.45) is 2.91. The Bertz CT molecular complexity index is 1100. The summed E-state index contributed by atoms with van der Waals surface area (Å²) in [6.45, 7) is 1.91. The predicted octanol–water partition coefficient (Wildman–Crippen LogP) is 5.38. The minimum absolute atomic E-state index is 0.262. The van der Waals surface area contributed by atoms with Gasteiger partial charge in [-0.25, -0.2) is 4.98 Å². The van der Waals surface area contributed by atoms with Crippen LogP contribution in [0.5, 0.6) is 17.5 Å². The van der Waals surface area contributed by atoms with Crippen molar-refractivity contribution in [1.29, 1.82) is 0 Å². The van der Waals surface area contributed by atoms with Crippen LogP contribution < -0.4 is 9.47 Å². The zero-order chi connectivity index (χ0) is 19.1. The Morgan fingerprint density at radius 2 is 1.96 bits per heavy atom. The Balaban J connectivity index is 1.67. The van der Waals surface area contributed by atoms with Crippen LogP contribution in [0.2, 0.25) is 0 Å². The van der Waals surface area contributed by atoms with E-state index in [1.54, 1.807) is 24.4 Å². The Hall–Kier alpha value is -2.93. The van der Waals surface area contributed by atoms with Crippen LogP contribution in [0.1, 0.15) is 5.56 Å². The number of hydrogen-bond donors (Lipinski definition) is 0. The molecule has 0 unspecified atom stereocenters. The van der Waals surface area contributed by atoms with E-state index in [1.165, 1.54) is 6.40 Å². The number of para-hydroxylation sites is 1. The fourth-order valence-corrected chi connectivity index (χ4v) is 2.81. The lowest BCUT2D eigenvalue weighted by Crippen LogP contribution is -1.93. The first-order valence-corrected chi connectivity index (χ1v) is 9.81. The highest BCUT2D eigenvalue weighted by Gasteiger charge is 2.05. The van der Waals surface area contributed by atoms with Gasteiger partial charge in [-0.1, -0.05) is 23.9 Å². The van der Waals surface area contributed by atoms with Crippen LogP contribution in [-0.4, -0.2) is 16.4 Å². The van der Waals surface area contributed by atoms with Crippen molar-refractivity contribution in [3.63, 3.8) is 0 Å². The predicted molar refractivity (Wildman–Crippen MR) is 111 cm³/mol. The number of aromatic nitrogens is 2. The molecule has 0 aliphatic heterocycles. The summed E-state index contributed by atoms with van der Waals surface area (Å²) in [7, 11) is -1.05. The van der Waals surface area contributed by atoms with Crippen molar-refractivity contribution in [2.45, 2.75) is 6.92 Å². The van der Waals surface area contributed by atoms with Crippen molar-refractivity contribution >= 4 is 38.3 Å². The number of halogens is 1. The maximum absolute atomic E-state index is 5.92. The highest BCUT2D eigenvalue weighted by atomic mass is 79.9. The molecule has 0 radical (unpaired) electrons. The van der Waals surface area contributed by atoms with E-state index in [0.29, 0.717) is 21.8 Å². The van der Waals surface area contributed by atoms with Crippen molar-refractivity contribution in [2.75, 3.05) is 0 Å². The first-order chi connectivity index (χ1) is 13.1.